The molecule has 1 saturated carbocycles. The van der Waals surface area contributed by atoms with Crippen molar-refractivity contribution in [3.63, 3.8) is 0 Å². The van der Waals surface area contributed by atoms with Crippen LogP contribution in [0.3, 0.4) is 0 Å². The molecule has 6 heteroatoms. The van der Waals surface area contributed by atoms with E-state index in [9.17, 15) is 9.65 Å². The zero-order valence-corrected chi connectivity index (χ0v) is 15.2. The Balaban J connectivity index is 1.77. The lowest BCUT2D eigenvalue weighted by Gasteiger charge is -2.34. The summed E-state index contributed by atoms with van der Waals surface area (Å²) < 4.78 is 21.7. The van der Waals surface area contributed by atoms with Gasteiger partial charge in [0.25, 0.3) is 0 Å². The largest absolute Gasteiger partial charge is 0.378 e. The summed E-state index contributed by atoms with van der Waals surface area (Å²) in [6, 6.07) is 8.06. The van der Waals surface area contributed by atoms with Crippen LogP contribution < -0.4 is 0 Å². The van der Waals surface area contributed by atoms with Gasteiger partial charge in [0.1, 0.15) is 17.5 Å². The van der Waals surface area contributed by atoms with Crippen molar-refractivity contribution in [2.45, 2.75) is 56.8 Å². The fourth-order valence-electron chi connectivity index (χ4n) is 4.49. The smallest absolute Gasteiger partial charge is 0.113 e. The van der Waals surface area contributed by atoms with Crippen LogP contribution in [0.4, 0.5) is 4.39 Å². The van der Waals surface area contributed by atoms with Gasteiger partial charge in [-0.3, -0.25) is 4.98 Å². The third-order valence-electron chi connectivity index (χ3n) is 5.94. The molecule has 138 valence electrons. The maximum absolute atomic E-state index is 13.6. The monoisotopic (exact) mass is 364 g/mol. The van der Waals surface area contributed by atoms with Gasteiger partial charge in [0.2, 0.25) is 0 Å². The zero-order valence-electron chi connectivity index (χ0n) is 15.2. The van der Waals surface area contributed by atoms with E-state index in [4.69, 9.17) is 9.72 Å². The van der Waals surface area contributed by atoms with Crippen molar-refractivity contribution in [1.29, 1.82) is 5.26 Å². The molecular formula is C21H21FN4O. The van der Waals surface area contributed by atoms with Crippen LogP contribution in [-0.2, 0) is 4.74 Å². The lowest BCUT2D eigenvalue weighted by Crippen LogP contribution is -2.30. The third kappa shape index (κ3) is 2.69. The third-order valence-corrected chi connectivity index (χ3v) is 5.94. The van der Waals surface area contributed by atoms with E-state index in [1.807, 2.05) is 12.1 Å². The van der Waals surface area contributed by atoms with Crippen molar-refractivity contribution in [1.82, 2.24) is 14.5 Å². The van der Waals surface area contributed by atoms with Crippen LogP contribution in [0.1, 0.15) is 56.0 Å². The van der Waals surface area contributed by atoms with Gasteiger partial charge in [-0.05, 0) is 50.8 Å². The number of fused-ring (bicyclic) bond motifs is 3. The van der Waals surface area contributed by atoms with Crippen molar-refractivity contribution in [2.75, 3.05) is 6.61 Å². The second kappa shape index (κ2) is 6.28. The number of benzene rings is 1. The van der Waals surface area contributed by atoms with Crippen LogP contribution in [0.2, 0.25) is 0 Å². The van der Waals surface area contributed by atoms with Crippen LogP contribution >= 0.6 is 0 Å². The second-order valence-corrected chi connectivity index (χ2v) is 7.80. The van der Waals surface area contributed by atoms with Gasteiger partial charge in [-0.15, -0.1) is 0 Å². The fourth-order valence-corrected chi connectivity index (χ4v) is 4.49. The van der Waals surface area contributed by atoms with Crippen LogP contribution in [0, 0.1) is 11.3 Å². The first-order valence-electron chi connectivity index (χ1n) is 9.60. The minimum Gasteiger partial charge on any atom is -0.378 e. The van der Waals surface area contributed by atoms with E-state index in [2.05, 4.69) is 22.5 Å². The molecule has 2 fully saturated rings. The SMILES string of the molecule is C[C@@H]1C[C@H](n2c(C3CC(F)C3)nc3cnc4ccc(C#N)cc4c32)CCO1. The molecule has 2 aliphatic rings. The van der Waals surface area contributed by atoms with Crippen molar-refractivity contribution in [3.8, 4) is 6.07 Å². The predicted octanol–water partition coefficient (Wildman–Crippen LogP) is 4.41. The van der Waals surface area contributed by atoms with E-state index < -0.39 is 6.17 Å². The Labute approximate surface area is 156 Å². The van der Waals surface area contributed by atoms with Gasteiger partial charge in [0, 0.05) is 24.0 Å². The summed E-state index contributed by atoms with van der Waals surface area (Å²) in [6.45, 7) is 2.81. The lowest BCUT2D eigenvalue weighted by atomic mass is 9.82. The highest BCUT2D eigenvalue weighted by Gasteiger charge is 2.36. The Morgan fingerprint density at radius 3 is 2.85 bits per heavy atom. The molecule has 2 atom stereocenters. The molecule has 2 aromatic heterocycles. The quantitative estimate of drug-likeness (QED) is 0.676. The van der Waals surface area contributed by atoms with Crippen LogP contribution in [0.15, 0.2) is 24.4 Å². The summed E-state index contributed by atoms with van der Waals surface area (Å²) in [5.74, 6) is 1.12. The Morgan fingerprint density at radius 1 is 1.26 bits per heavy atom. The minimum atomic E-state index is -0.725. The molecule has 5 nitrogen and oxygen atoms in total. The highest BCUT2D eigenvalue weighted by atomic mass is 19.1. The van der Waals surface area contributed by atoms with Crippen LogP contribution in [0.25, 0.3) is 21.9 Å². The lowest BCUT2D eigenvalue weighted by molar-refractivity contribution is 0.00547. The van der Waals surface area contributed by atoms with Crippen molar-refractivity contribution in [2.24, 2.45) is 0 Å². The average molecular weight is 364 g/mol. The van der Waals surface area contributed by atoms with Gasteiger partial charge in [-0.25, -0.2) is 9.37 Å². The molecule has 5 rings (SSSR count). The molecule has 3 aromatic rings. The topological polar surface area (TPSA) is 63.7 Å². The summed E-state index contributed by atoms with van der Waals surface area (Å²) in [7, 11) is 0. The molecular weight excluding hydrogens is 343 g/mol. The first-order chi connectivity index (χ1) is 13.1. The first-order valence-corrected chi connectivity index (χ1v) is 9.60. The Hall–Kier alpha value is -2.52. The number of hydrogen-bond donors (Lipinski definition) is 0. The highest BCUT2D eigenvalue weighted by Crippen LogP contribution is 2.43. The minimum absolute atomic E-state index is 0.153. The number of rotatable bonds is 2. The highest BCUT2D eigenvalue weighted by molar-refractivity contribution is 6.03. The molecule has 1 aromatic carbocycles. The maximum atomic E-state index is 13.6. The first kappa shape index (κ1) is 16.6. The summed E-state index contributed by atoms with van der Waals surface area (Å²) in [6.07, 6.45) is 4.16. The normalized spacial score (nSPS) is 28.2. The van der Waals surface area contributed by atoms with Gasteiger partial charge in [-0.2, -0.15) is 5.26 Å². The summed E-state index contributed by atoms with van der Waals surface area (Å²) in [5, 5.41) is 10.3. The Bertz CT molecular complexity index is 1060. The number of hydrogen-bond acceptors (Lipinski definition) is 4. The number of pyridine rings is 1. The number of imidazole rings is 1. The number of alkyl halides is 1. The predicted molar refractivity (Wildman–Crippen MR) is 100 cm³/mol. The van der Waals surface area contributed by atoms with E-state index >= 15 is 0 Å². The molecule has 1 aliphatic carbocycles. The number of nitriles is 1. The number of nitrogens with zero attached hydrogens (tertiary/aromatic N) is 4. The van der Waals surface area contributed by atoms with Gasteiger partial charge in [0.05, 0.1) is 35.0 Å². The van der Waals surface area contributed by atoms with Crippen LogP contribution in [0.5, 0.6) is 0 Å². The molecule has 0 unspecified atom stereocenters. The molecule has 0 spiro atoms. The molecule has 1 aliphatic heterocycles. The molecule has 27 heavy (non-hydrogen) atoms. The van der Waals surface area contributed by atoms with E-state index in [1.165, 1.54) is 0 Å². The maximum Gasteiger partial charge on any atom is 0.113 e. The average Bonchev–Trinajstić information content (AvgIpc) is 3.04. The molecule has 0 N–H and O–H groups in total. The number of halogens is 1. The van der Waals surface area contributed by atoms with Crippen LogP contribution in [-0.4, -0.2) is 33.4 Å². The Kier molecular flexibility index (Phi) is 3.87. The van der Waals surface area contributed by atoms with Gasteiger partial charge in [0.15, 0.2) is 0 Å². The number of ether oxygens (including phenoxy) is 1. The molecule has 3 heterocycles. The van der Waals surface area contributed by atoms with Gasteiger partial charge < -0.3 is 9.30 Å². The standard InChI is InChI=1S/C21H21FN4O/c1-12-6-16(4-5-27-12)26-20-17-7-13(10-23)2-3-18(17)24-11-19(20)25-21(26)14-8-15(22)9-14/h2-3,7,11-12,14-16H,4-6,8-9H2,1H3/t12-,14?,15?,16-/m1/s1. The summed E-state index contributed by atoms with van der Waals surface area (Å²) in [4.78, 5) is 9.42. The van der Waals surface area contributed by atoms with Gasteiger partial charge >= 0.3 is 0 Å². The second-order valence-electron chi connectivity index (χ2n) is 7.80. The molecule has 1 saturated heterocycles. The van der Waals surface area contributed by atoms with Crippen molar-refractivity contribution < 1.29 is 9.13 Å². The van der Waals surface area contributed by atoms with E-state index in [1.54, 1.807) is 12.3 Å². The Morgan fingerprint density at radius 2 is 2.11 bits per heavy atom. The summed E-state index contributed by atoms with van der Waals surface area (Å²) in [5.41, 5.74) is 3.31. The number of aromatic nitrogens is 3. The van der Waals surface area contributed by atoms with E-state index in [0.717, 1.165) is 40.6 Å². The van der Waals surface area contributed by atoms with E-state index in [0.29, 0.717) is 25.0 Å². The molecule has 0 bridgehead atoms. The van der Waals surface area contributed by atoms with Gasteiger partial charge in [-0.1, -0.05) is 0 Å². The molecule has 0 amide bonds. The zero-order chi connectivity index (χ0) is 18.5. The fraction of sp³-hybridized carbons (Fsp3) is 0.476. The molecule has 0 radical (unpaired) electrons. The van der Waals surface area contributed by atoms with Crippen molar-refractivity contribution >= 4 is 21.9 Å². The summed E-state index contributed by atoms with van der Waals surface area (Å²) >= 11 is 0. The van der Waals surface area contributed by atoms with Crippen molar-refractivity contribution in [3.05, 3.63) is 35.8 Å². The van der Waals surface area contributed by atoms with E-state index in [-0.39, 0.29) is 18.1 Å².